The van der Waals surface area contributed by atoms with E-state index in [9.17, 15) is 4.79 Å². The first-order valence-corrected chi connectivity index (χ1v) is 7.78. The quantitative estimate of drug-likeness (QED) is 0.679. The summed E-state index contributed by atoms with van der Waals surface area (Å²) >= 11 is 12.0. The Kier molecular flexibility index (Phi) is 8.69. The number of benzene rings is 1. The van der Waals surface area contributed by atoms with Crippen LogP contribution in [-0.2, 0) is 9.53 Å². The molecule has 4 nitrogen and oxygen atoms in total. The van der Waals surface area contributed by atoms with Crippen LogP contribution >= 0.6 is 23.2 Å². The Hall–Kier alpha value is -0.810. The lowest BCUT2D eigenvalue weighted by molar-refractivity contribution is -0.115. The molecule has 118 valence electrons. The largest absolute Gasteiger partial charge is 0.381 e. The molecule has 1 amide bonds. The van der Waals surface area contributed by atoms with Gasteiger partial charge in [0, 0.05) is 13.2 Å². The Morgan fingerprint density at radius 3 is 2.57 bits per heavy atom. The van der Waals surface area contributed by atoms with Gasteiger partial charge in [0.1, 0.15) is 0 Å². The zero-order chi connectivity index (χ0) is 15.7. The van der Waals surface area contributed by atoms with Gasteiger partial charge in [-0.1, -0.05) is 43.1 Å². The maximum Gasteiger partial charge on any atom is 0.238 e. The van der Waals surface area contributed by atoms with Crippen molar-refractivity contribution in [2.75, 3.05) is 31.6 Å². The van der Waals surface area contributed by atoms with Gasteiger partial charge in [-0.3, -0.25) is 4.79 Å². The maximum atomic E-state index is 11.8. The smallest absolute Gasteiger partial charge is 0.238 e. The van der Waals surface area contributed by atoms with Crippen LogP contribution in [0.25, 0.3) is 0 Å². The molecule has 0 saturated carbocycles. The van der Waals surface area contributed by atoms with Crippen molar-refractivity contribution in [2.24, 2.45) is 5.92 Å². The summed E-state index contributed by atoms with van der Waals surface area (Å²) in [5.74, 6) is 0.372. The predicted molar refractivity (Wildman–Crippen MR) is 88.2 cm³/mol. The van der Waals surface area contributed by atoms with Crippen molar-refractivity contribution in [3.8, 4) is 0 Å². The Morgan fingerprint density at radius 1 is 1.29 bits per heavy atom. The molecule has 0 spiro atoms. The van der Waals surface area contributed by atoms with E-state index >= 15 is 0 Å². The first kappa shape index (κ1) is 18.2. The van der Waals surface area contributed by atoms with E-state index in [1.807, 2.05) is 0 Å². The minimum absolute atomic E-state index is 0.173. The monoisotopic (exact) mass is 332 g/mol. The average molecular weight is 333 g/mol. The Bertz CT molecular complexity index is 433. The molecule has 0 aliphatic rings. The zero-order valence-electron chi connectivity index (χ0n) is 12.4. The molecule has 0 aliphatic heterocycles. The number of amides is 1. The van der Waals surface area contributed by atoms with Crippen molar-refractivity contribution < 1.29 is 9.53 Å². The summed E-state index contributed by atoms with van der Waals surface area (Å²) < 4.78 is 5.45. The van der Waals surface area contributed by atoms with E-state index in [2.05, 4.69) is 24.5 Å². The van der Waals surface area contributed by atoms with Crippen LogP contribution in [0.3, 0.4) is 0 Å². The fraction of sp³-hybridized carbons (Fsp3) is 0.533. The summed E-state index contributed by atoms with van der Waals surface area (Å²) in [6.07, 6.45) is 0.868. The van der Waals surface area contributed by atoms with E-state index in [4.69, 9.17) is 27.9 Å². The predicted octanol–water partition coefficient (Wildman–Crippen LogP) is 3.58. The van der Waals surface area contributed by atoms with Crippen LogP contribution in [0.5, 0.6) is 0 Å². The maximum absolute atomic E-state index is 11.8. The Labute approximate surface area is 136 Å². The minimum atomic E-state index is -0.173. The van der Waals surface area contributed by atoms with Crippen molar-refractivity contribution in [1.29, 1.82) is 0 Å². The van der Waals surface area contributed by atoms with E-state index in [1.165, 1.54) is 0 Å². The molecule has 0 saturated heterocycles. The molecule has 1 aromatic carbocycles. The molecule has 0 heterocycles. The number of ether oxygens (including phenoxy) is 1. The number of halogens is 2. The van der Waals surface area contributed by atoms with Gasteiger partial charge >= 0.3 is 0 Å². The van der Waals surface area contributed by atoms with Gasteiger partial charge < -0.3 is 15.4 Å². The second kappa shape index (κ2) is 10.0. The first-order chi connectivity index (χ1) is 10.0. The number of para-hydroxylation sites is 1. The van der Waals surface area contributed by atoms with Gasteiger partial charge in [-0.25, -0.2) is 0 Å². The van der Waals surface area contributed by atoms with Gasteiger partial charge in [-0.2, -0.15) is 0 Å². The molecule has 0 fully saturated rings. The lowest BCUT2D eigenvalue weighted by atomic mass is 10.2. The number of anilines is 1. The molecule has 0 radical (unpaired) electrons. The van der Waals surface area contributed by atoms with Crippen LogP contribution in [0.15, 0.2) is 18.2 Å². The molecule has 2 N–H and O–H groups in total. The summed E-state index contributed by atoms with van der Waals surface area (Å²) in [5.41, 5.74) is 0.452. The summed E-state index contributed by atoms with van der Waals surface area (Å²) in [4.78, 5) is 11.8. The SMILES string of the molecule is CC(C)COCCCNCC(=O)Nc1c(Cl)cccc1Cl. The molecular weight excluding hydrogens is 311 g/mol. The number of carbonyl (C=O) groups excluding carboxylic acids is 1. The van der Waals surface area contributed by atoms with E-state index in [0.29, 0.717) is 28.3 Å². The molecule has 0 aromatic heterocycles. The van der Waals surface area contributed by atoms with E-state index < -0.39 is 0 Å². The number of hydrogen-bond donors (Lipinski definition) is 2. The van der Waals surface area contributed by atoms with Gasteiger partial charge in [0.25, 0.3) is 0 Å². The van der Waals surface area contributed by atoms with Gasteiger partial charge in [0.15, 0.2) is 0 Å². The molecule has 0 bridgehead atoms. The fourth-order valence-electron chi connectivity index (χ4n) is 1.62. The van der Waals surface area contributed by atoms with Crippen molar-refractivity contribution >= 4 is 34.8 Å². The van der Waals surface area contributed by atoms with Crippen molar-refractivity contribution in [1.82, 2.24) is 5.32 Å². The van der Waals surface area contributed by atoms with Gasteiger partial charge in [-0.05, 0) is 31.0 Å². The van der Waals surface area contributed by atoms with Crippen LogP contribution in [0.2, 0.25) is 10.0 Å². The van der Waals surface area contributed by atoms with Crippen molar-refractivity contribution in [3.63, 3.8) is 0 Å². The van der Waals surface area contributed by atoms with Crippen LogP contribution < -0.4 is 10.6 Å². The lowest BCUT2D eigenvalue weighted by Gasteiger charge is -2.10. The lowest BCUT2D eigenvalue weighted by Crippen LogP contribution is -2.29. The Morgan fingerprint density at radius 2 is 1.95 bits per heavy atom. The number of hydrogen-bond acceptors (Lipinski definition) is 3. The van der Waals surface area contributed by atoms with Gasteiger partial charge in [0.2, 0.25) is 5.91 Å². The highest BCUT2D eigenvalue weighted by Crippen LogP contribution is 2.29. The molecular formula is C15H22Cl2N2O2. The van der Waals surface area contributed by atoms with Crippen molar-refractivity contribution in [2.45, 2.75) is 20.3 Å². The zero-order valence-corrected chi connectivity index (χ0v) is 13.9. The van der Waals surface area contributed by atoms with Crippen LogP contribution in [0.4, 0.5) is 5.69 Å². The third-order valence-electron chi connectivity index (χ3n) is 2.61. The third kappa shape index (κ3) is 7.67. The summed E-state index contributed by atoms with van der Waals surface area (Å²) in [6.45, 7) is 6.63. The summed E-state index contributed by atoms with van der Waals surface area (Å²) in [5, 5.41) is 6.61. The molecule has 0 unspecified atom stereocenters. The van der Waals surface area contributed by atoms with Crippen LogP contribution in [0.1, 0.15) is 20.3 Å². The summed E-state index contributed by atoms with van der Waals surface area (Å²) in [6, 6.07) is 5.10. The third-order valence-corrected chi connectivity index (χ3v) is 3.24. The normalized spacial score (nSPS) is 10.9. The highest BCUT2D eigenvalue weighted by Gasteiger charge is 2.08. The molecule has 1 aromatic rings. The van der Waals surface area contributed by atoms with E-state index in [-0.39, 0.29) is 12.5 Å². The highest BCUT2D eigenvalue weighted by atomic mass is 35.5. The van der Waals surface area contributed by atoms with Crippen LogP contribution in [-0.4, -0.2) is 32.2 Å². The number of carbonyl (C=O) groups is 1. The van der Waals surface area contributed by atoms with Gasteiger partial charge in [0.05, 0.1) is 22.3 Å². The molecule has 21 heavy (non-hydrogen) atoms. The summed E-state index contributed by atoms with van der Waals surface area (Å²) in [7, 11) is 0. The molecule has 6 heteroatoms. The highest BCUT2D eigenvalue weighted by molar-refractivity contribution is 6.39. The standard InChI is InChI=1S/C15H22Cl2N2O2/c1-11(2)10-21-8-4-7-18-9-14(20)19-15-12(16)5-3-6-13(15)17/h3,5-6,11,18H,4,7-10H2,1-2H3,(H,19,20). The first-order valence-electron chi connectivity index (χ1n) is 7.03. The fourth-order valence-corrected chi connectivity index (χ4v) is 2.11. The van der Waals surface area contributed by atoms with Crippen LogP contribution in [0, 0.1) is 5.92 Å². The second-order valence-electron chi connectivity index (χ2n) is 5.14. The number of rotatable bonds is 9. The second-order valence-corrected chi connectivity index (χ2v) is 5.96. The molecule has 1 rings (SSSR count). The minimum Gasteiger partial charge on any atom is -0.381 e. The van der Waals surface area contributed by atoms with E-state index in [1.54, 1.807) is 18.2 Å². The van der Waals surface area contributed by atoms with E-state index in [0.717, 1.165) is 19.6 Å². The molecule has 0 aliphatic carbocycles. The number of nitrogens with one attached hydrogen (secondary N) is 2. The average Bonchev–Trinajstić information content (AvgIpc) is 2.41. The van der Waals surface area contributed by atoms with Gasteiger partial charge in [-0.15, -0.1) is 0 Å². The van der Waals surface area contributed by atoms with Crippen molar-refractivity contribution in [3.05, 3.63) is 28.2 Å². The topological polar surface area (TPSA) is 50.4 Å². The Balaban J connectivity index is 2.17. The molecule has 0 atom stereocenters.